The Morgan fingerprint density at radius 3 is 2.68 bits per heavy atom. The molecule has 5 nitrogen and oxygen atoms in total. The van der Waals surface area contributed by atoms with Crippen LogP contribution in [0.25, 0.3) is 0 Å². The number of rotatable bonds is 6. The van der Waals surface area contributed by atoms with Crippen molar-refractivity contribution in [1.29, 1.82) is 0 Å². The predicted molar refractivity (Wildman–Crippen MR) is 102 cm³/mol. The van der Waals surface area contributed by atoms with Gasteiger partial charge in [-0.25, -0.2) is 4.98 Å². The number of nitrogens with one attached hydrogen (secondary N) is 1. The number of hydrogen-bond donors (Lipinski definition) is 1. The number of benzene rings is 2. The summed E-state index contributed by atoms with van der Waals surface area (Å²) in [6, 6.07) is 17.5. The first-order valence-corrected chi connectivity index (χ1v) is 8.22. The van der Waals surface area contributed by atoms with Gasteiger partial charge in [0.25, 0.3) is 0 Å². The maximum absolute atomic E-state index is 6.07. The number of halogens is 1. The lowest BCUT2D eigenvalue weighted by Crippen LogP contribution is -2.18. The summed E-state index contributed by atoms with van der Waals surface area (Å²) >= 11 is 6.07. The summed E-state index contributed by atoms with van der Waals surface area (Å²) in [5.41, 5.74) is 1.94. The standard InChI is InChI=1S/C19H19ClN4O/c1-24(13-14-6-4-3-5-7-14)18-10-11-21-19(23-18)22-16-12-15(20)8-9-17(16)25-2/h3-12H,13H2,1-2H3,(H,21,22,23). The number of anilines is 3. The van der Waals surface area contributed by atoms with Gasteiger partial charge in [-0.15, -0.1) is 0 Å². The molecule has 0 unspecified atom stereocenters. The third kappa shape index (κ3) is 4.39. The summed E-state index contributed by atoms with van der Waals surface area (Å²) in [4.78, 5) is 10.9. The predicted octanol–water partition coefficient (Wildman–Crippen LogP) is 4.52. The van der Waals surface area contributed by atoms with Gasteiger partial charge in [0.05, 0.1) is 12.8 Å². The van der Waals surface area contributed by atoms with E-state index in [1.54, 1.807) is 31.5 Å². The van der Waals surface area contributed by atoms with Crippen molar-refractivity contribution in [2.45, 2.75) is 6.54 Å². The second-order valence-electron chi connectivity index (χ2n) is 5.55. The highest BCUT2D eigenvalue weighted by Crippen LogP contribution is 2.29. The molecule has 0 saturated heterocycles. The van der Waals surface area contributed by atoms with Gasteiger partial charge in [-0.1, -0.05) is 41.9 Å². The van der Waals surface area contributed by atoms with Crippen molar-refractivity contribution in [2.24, 2.45) is 0 Å². The molecule has 0 bridgehead atoms. The Morgan fingerprint density at radius 2 is 1.92 bits per heavy atom. The van der Waals surface area contributed by atoms with Crippen LogP contribution < -0.4 is 15.0 Å². The second kappa shape index (κ2) is 7.85. The first-order chi connectivity index (χ1) is 12.2. The van der Waals surface area contributed by atoms with Crippen LogP contribution in [0, 0.1) is 0 Å². The molecule has 2 aromatic carbocycles. The van der Waals surface area contributed by atoms with E-state index < -0.39 is 0 Å². The van der Waals surface area contributed by atoms with Crippen LogP contribution in [0.3, 0.4) is 0 Å². The van der Waals surface area contributed by atoms with E-state index in [9.17, 15) is 0 Å². The summed E-state index contributed by atoms with van der Waals surface area (Å²) in [7, 11) is 3.61. The third-order valence-corrected chi connectivity index (χ3v) is 3.94. The van der Waals surface area contributed by atoms with Crippen molar-refractivity contribution in [3.05, 3.63) is 71.4 Å². The maximum Gasteiger partial charge on any atom is 0.229 e. The summed E-state index contributed by atoms with van der Waals surface area (Å²) in [6.45, 7) is 0.762. The molecule has 6 heteroatoms. The summed E-state index contributed by atoms with van der Waals surface area (Å²) in [6.07, 6.45) is 1.73. The Balaban J connectivity index is 1.79. The van der Waals surface area contributed by atoms with E-state index in [2.05, 4.69) is 32.3 Å². The molecule has 0 aliphatic rings. The number of methoxy groups -OCH3 is 1. The quantitative estimate of drug-likeness (QED) is 0.705. The molecule has 1 aromatic heterocycles. The van der Waals surface area contributed by atoms with Crippen LogP contribution in [0.15, 0.2) is 60.8 Å². The van der Waals surface area contributed by atoms with Gasteiger partial charge in [-0.05, 0) is 29.8 Å². The minimum Gasteiger partial charge on any atom is -0.495 e. The molecule has 3 rings (SSSR count). The Labute approximate surface area is 152 Å². The smallest absolute Gasteiger partial charge is 0.229 e. The molecule has 0 radical (unpaired) electrons. The van der Waals surface area contributed by atoms with Gasteiger partial charge in [0.2, 0.25) is 5.95 Å². The van der Waals surface area contributed by atoms with Gasteiger partial charge in [0, 0.05) is 24.8 Å². The van der Waals surface area contributed by atoms with E-state index in [-0.39, 0.29) is 0 Å². The molecule has 0 atom stereocenters. The molecule has 1 heterocycles. The zero-order valence-corrected chi connectivity index (χ0v) is 14.9. The van der Waals surface area contributed by atoms with Crippen LogP contribution in [-0.4, -0.2) is 24.1 Å². The molecular formula is C19H19ClN4O. The molecule has 25 heavy (non-hydrogen) atoms. The molecule has 0 aliphatic carbocycles. The monoisotopic (exact) mass is 354 g/mol. The highest BCUT2D eigenvalue weighted by molar-refractivity contribution is 6.31. The Bertz CT molecular complexity index is 842. The van der Waals surface area contributed by atoms with Crippen LogP contribution in [0.4, 0.5) is 17.5 Å². The molecular weight excluding hydrogens is 336 g/mol. The van der Waals surface area contributed by atoms with Gasteiger partial charge in [-0.3, -0.25) is 0 Å². The molecule has 0 fully saturated rings. The van der Waals surface area contributed by atoms with E-state index in [1.807, 2.05) is 31.3 Å². The van der Waals surface area contributed by atoms with Gasteiger partial charge in [-0.2, -0.15) is 4.98 Å². The van der Waals surface area contributed by atoms with E-state index >= 15 is 0 Å². The molecule has 0 spiro atoms. The molecule has 0 aliphatic heterocycles. The van der Waals surface area contributed by atoms with Gasteiger partial charge in [0.15, 0.2) is 0 Å². The fraction of sp³-hybridized carbons (Fsp3) is 0.158. The van der Waals surface area contributed by atoms with Crippen LogP contribution in [0.2, 0.25) is 5.02 Å². The Kier molecular flexibility index (Phi) is 5.36. The SMILES string of the molecule is COc1ccc(Cl)cc1Nc1nccc(N(C)Cc2ccccc2)n1. The molecule has 0 saturated carbocycles. The van der Waals surface area contributed by atoms with Crippen LogP contribution in [-0.2, 0) is 6.54 Å². The molecule has 0 amide bonds. The second-order valence-corrected chi connectivity index (χ2v) is 5.99. The van der Waals surface area contributed by atoms with Gasteiger partial charge >= 0.3 is 0 Å². The lowest BCUT2D eigenvalue weighted by Gasteiger charge is -2.19. The summed E-state index contributed by atoms with van der Waals surface area (Å²) in [5.74, 6) is 1.98. The molecule has 1 N–H and O–H groups in total. The zero-order chi connectivity index (χ0) is 17.6. The number of nitrogens with zero attached hydrogens (tertiary/aromatic N) is 3. The lowest BCUT2D eigenvalue weighted by molar-refractivity contribution is 0.417. The normalized spacial score (nSPS) is 10.4. The number of ether oxygens (including phenoxy) is 1. The van der Waals surface area contributed by atoms with E-state index in [4.69, 9.17) is 16.3 Å². The number of hydrogen-bond acceptors (Lipinski definition) is 5. The van der Waals surface area contributed by atoms with Crippen molar-refractivity contribution < 1.29 is 4.74 Å². The summed E-state index contributed by atoms with van der Waals surface area (Å²) in [5, 5.41) is 3.78. The number of aromatic nitrogens is 2. The third-order valence-electron chi connectivity index (χ3n) is 3.70. The highest BCUT2D eigenvalue weighted by Gasteiger charge is 2.09. The van der Waals surface area contributed by atoms with Crippen LogP contribution in [0.5, 0.6) is 5.75 Å². The maximum atomic E-state index is 6.07. The molecule has 128 valence electrons. The van der Waals surface area contributed by atoms with Crippen LogP contribution in [0.1, 0.15) is 5.56 Å². The highest BCUT2D eigenvalue weighted by atomic mass is 35.5. The van der Waals surface area contributed by atoms with E-state index in [1.165, 1.54) is 5.56 Å². The average molecular weight is 355 g/mol. The van der Waals surface area contributed by atoms with Crippen molar-refractivity contribution in [3.8, 4) is 5.75 Å². The Morgan fingerprint density at radius 1 is 1.12 bits per heavy atom. The Hall–Kier alpha value is -2.79. The van der Waals surface area contributed by atoms with Crippen molar-refractivity contribution in [3.63, 3.8) is 0 Å². The fourth-order valence-corrected chi connectivity index (χ4v) is 2.63. The largest absolute Gasteiger partial charge is 0.495 e. The van der Waals surface area contributed by atoms with E-state index in [0.29, 0.717) is 16.7 Å². The lowest BCUT2D eigenvalue weighted by atomic mass is 10.2. The van der Waals surface area contributed by atoms with Crippen molar-refractivity contribution in [1.82, 2.24) is 9.97 Å². The molecule has 3 aromatic rings. The van der Waals surface area contributed by atoms with Gasteiger partial charge in [0.1, 0.15) is 11.6 Å². The summed E-state index contributed by atoms with van der Waals surface area (Å²) < 4.78 is 5.34. The first kappa shape index (κ1) is 17.0. The minimum atomic E-state index is 0.484. The average Bonchev–Trinajstić information content (AvgIpc) is 2.63. The van der Waals surface area contributed by atoms with E-state index in [0.717, 1.165) is 18.1 Å². The minimum absolute atomic E-state index is 0.484. The first-order valence-electron chi connectivity index (χ1n) is 7.84. The van der Waals surface area contributed by atoms with Gasteiger partial charge < -0.3 is 15.0 Å². The van der Waals surface area contributed by atoms with Crippen molar-refractivity contribution >= 4 is 29.1 Å². The fourth-order valence-electron chi connectivity index (χ4n) is 2.46. The topological polar surface area (TPSA) is 50.3 Å². The van der Waals surface area contributed by atoms with Crippen LogP contribution >= 0.6 is 11.6 Å². The zero-order valence-electron chi connectivity index (χ0n) is 14.1. The van der Waals surface area contributed by atoms with Crippen molar-refractivity contribution in [2.75, 3.05) is 24.4 Å².